The van der Waals surface area contributed by atoms with E-state index in [0.29, 0.717) is 18.3 Å². The Balaban J connectivity index is 1.73. The molecule has 0 aliphatic carbocycles. The fraction of sp³-hybridized carbons (Fsp3) is 0.240. The molecule has 2 heterocycles. The third kappa shape index (κ3) is 5.96. The van der Waals surface area contributed by atoms with Gasteiger partial charge >= 0.3 is 0 Å². The summed E-state index contributed by atoms with van der Waals surface area (Å²) in [5.74, 6) is -3.50. The van der Waals surface area contributed by atoms with Crippen LogP contribution in [0.3, 0.4) is 0 Å². The standard InChI is InChI=1S/C25H26F2N6O4S/c1-33-8-7-31-23(33)14-3-2-4-16(9-14)36-24-19(26)21(38-12-15(28)11-34)20(27)25(32-24)37-18-10-13(22(29)30)5-6-17(18)35/h2-6,9-10,15,34-35H,7-8,11-12,28H2,1H3,(H3,29,30). The zero-order valence-electron chi connectivity index (χ0n) is 20.3. The zero-order valence-corrected chi connectivity index (χ0v) is 21.1. The first kappa shape index (κ1) is 27.1. The third-order valence-electron chi connectivity index (χ3n) is 5.50. The second-order valence-corrected chi connectivity index (χ2v) is 9.42. The highest BCUT2D eigenvalue weighted by Gasteiger charge is 2.26. The summed E-state index contributed by atoms with van der Waals surface area (Å²) in [5, 5.41) is 27.0. The van der Waals surface area contributed by atoms with Crippen LogP contribution in [0.4, 0.5) is 8.78 Å². The summed E-state index contributed by atoms with van der Waals surface area (Å²) in [5.41, 5.74) is 12.2. The van der Waals surface area contributed by atoms with Crippen LogP contribution < -0.4 is 20.9 Å². The van der Waals surface area contributed by atoms with Crippen molar-refractivity contribution in [3.05, 3.63) is 65.2 Å². The predicted octanol–water partition coefficient (Wildman–Crippen LogP) is 3.04. The van der Waals surface area contributed by atoms with Gasteiger partial charge < -0.3 is 36.1 Å². The Kier molecular flexibility index (Phi) is 8.29. The second-order valence-electron chi connectivity index (χ2n) is 8.39. The minimum absolute atomic E-state index is 0.0139. The molecule has 0 bridgehead atoms. The summed E-state index contributed by atoms with van der Waals surface area (Å²) in [4.78, 5) is 9.84. The first-order valence-electron chi connectivity index (χ1n) is 11.4. The molecule has 0 fully saturated rings. The molecule has 1 aliphatic heterocycles. The molecule has 1 unspecified atom stereocenters. The zero-order chi connectivity index (χ0) is 27.4. The Morgan fingerprint density at radius 2 is 1.92 bits per heavy atom. The summed E-state index contributed by atoms with van der Waals surface area (Å²) < 4.78 is 42.1. The Bertz CT molecular complexity index is 1390. The monoisotopic (exact) mass is 544 g/mol. The van der Waals surface area contributed by atoms with Gasteiger partial charge in [0.1, 0.15) is 17.4 Å². The Morgan fingerprint density at radius 1 is 1.18 bits per heavy atom. The number of hydrogen-bond donors (Lipinski definition) is 5. The van der Waals surface area contributed by atoms with Crippen molar-refractivity contribution in [2.75, 3.05) is 32.5 Å². The van der Waals surface area contributed by atoms with Gasteiger partial charge in [0.05, 0.1) is 18.0 Å². The minimum atomic E-state index is -1.16. The number of rotatable bonds is 10. The number of benzene rings is 2. The molecule has 0 saturated carbocycles. The largest absolute Gasteiger partial charge is 0.504 e. The molecule has 0 radical (unpaired) electrons. The summed E-state index contributed by atoms with van der Waals surface area (Å²) >= 11 is 0.714. The SMILES string of the molecule is CN1CCN=C1c1cccc(Oc2nc(Oc3cc(C(=N)N)ccc3O)c(F)c(SCC(N)CO)c2F)c1. The lowest BCUT2D eigenvalue weighted by Crippen LogP contribution is -2.27. The molecular formula is C25H26F2N6O4S. The average Bonchev–Trinajstić information content (AvgIpc) is 3.33. The van der Waals surface area contributed by atoms with Crippen LogP contribution in [0.15, 0.2) is 52.4 Å². The van der Waals surface area contributed by atoms with Crippen molar-refractivity contribution in [2.24, 2.45) is 16.5 Å². The molecular weight excluding hydrogens is 518 g/mol. The Hall–Kier alpha value is -3.94. The molecule has 10 nitrogen and oxygen atoms in total. The number of nitrogens with two attached hydrogens (primary N) is 2. The van der Waals surface area contributed by atoms with E-state index in [9.17, 15) is 10.2 Å². The maximum atomic E-state index is 15.5. The number of aliphatic hydroxyl groups is 1. The summed E-state index contributed by atoms with van der Waals surface area (Å²) in [6.45, 7) is 1.04. The first-order chi connectivity index (χ1) is 18.2. The number of amidine groups is 2. The number of ether oxygens (including phenoxy) is 2. The van der Waals surface area contributed by atoms with Crippen molar-refractivity contribution in [1.82, 2.24) is 9.88 Å². The smallest absolute Gasteiger partial charge is 0.260 e. The third-order valence-corrected chi connectivity index (χ3v) is 6.74. The molecule has 7 N–H and O–H groups in total. The fourth-order valence-electron chi connectivity index (χ4n) is 3.51. The van der Waals surface area contributed by atoms with Crippen molar-refractivity contribution in [3.8, 4) is 29.0 Å². The maximum absolute atomic E-state index is 15.5. The van der Waals surface area contributed by atoms with Gasteiger partial charge in [-0.2, -0.15) is 13.8 Å². The Labute approximate surface area is 221 Å². The van der Waals surface area contributed by atoms with Gasteiger partial charge in [-0.05, 0) is 30.3 Å². The lowest BCUT2D eigenvalue weighted by Gasteiger charge is -2.16. The number of thioether (sulfide) groups is 1. The maximum Gasteiger partial charge on any atom is 0.260 e. The van der Waals surface area contributed by atoms with E-state index in [2.05, 4.69) is 9.98 Å². The van der Waals surface area contributed by atoms with E-state index in [1.807, 2.05) is 18.0 Å². The topological polar surface area (TPSA) is 163 Å². The lowest BCUT2D eigenvalue weighted by molar-refractivity contribution is 0.275. The van der Waals surface area contributed by atoms with E-state index in [1.54, 1.807) is 18.2 Å². The van der Waals surface area contributed by atoms with Gasteiger partial charge in [0.2, 0.25) is 11.6 Å². The van der Waals surface area contributed by atoms with E-state index < -0.39 is 34.3 Å². The fourth-order valence-corrected chi connectivity index (χ4v) is 4.42. The molecule has 4 rings (SSSR count). The number of nitrogen functional groups attached to an aromatic ring is 1. The van der Waals surface area contributed by atoms with Crippen LogP contribution in [0.25, 0.3) is 0 Å². The number of hydrogen-bond acceptors (Lipinski definition) is 10. The van der Waals surface area contributed by atoms with Crippen LogP contribution in [-0.4, -0.2) is 70.3 Å². The number of pyridine rings is 1. The Morgan fingerprint density at radius 3 is 2.58 bits per heavy atom. The molecule has 0 saturated heterocycles. The molecule has 13 heteroatoms. The molecule has 0 spiro atoms. The number of nitrogens with one attached hydrogen (secondary N) is 1. The van der Waals surface area contributed by atoms with Crippen molar-refractivity contribution < 1.29 is 28.5 Å². The molecule has 3 aromatic rings. The van der Waals surface area contributed by atoms with Crippen LogP contribution in [0.5, 0.6) is 29.0 Å². The van der Waals surface area contributed by atoms with Crippen LogP contribution in [0.2, 0.25) is 0 Å². The average molecular weight is 545 g/mol. The number of nitrogens with zero attached hydrogens (tertiary/aromatic N) is 3. The molecule has 2 aromatic carbocycles. The van der Waals surface area contributed by atoms with Crippen LogP contribution in [-0.2, 0) is 0 Å². The molecule has 1 atom stereocenters. The summed E-state index contributed by atoms with van der Waals surface area (Å²) in [7, 11) is 1.90. The minimum Gasteiger partial charge on any atom is -0.504 e. The number of phenolic OH excluding ortho intramolecular Hbond substituents is 1. The second kappa shape index (κ2) is 11.6. The van der Waals surface area contributed by atoms with E-state index in [1.165, 1.54) is 18.2 Å². The summed E-state index contributed by atoms with van der Waals surface area (Å²) in [6.07, 6.45) is 0. The van der Waals surface area contributed by atoms with Gasteiger partial charge in [-0.3, -0.25) is 10.4 Å². The van der Waals surface area contributed by atoms with E-state index >= 15 is 8.78 Å². The van der Waals surface area contributed by atoms with Gasteiger partial charge in [0.25, 0.3) is 11.8 Å². The highest BCUT2D eigenvalue weighted by molar-refractivity contribution is 7.99. The van der Waals surface area contributed by atoms with Crippen molar-refractivity contribution in [1.29, 1.82) is 5.41 Å². The number of phenols is 1. The number of likely N-dealkylation sites (N-methyl/N-ethyl adjacent to an activating group) is 1. The quantitative estimate of drug-likeness (QED) is 0.147. The number of halogens is 2. The molecule has 0 amide bonds. The van der Waals surface area contributed by atoms with Gasteiger partial charge in [-0.15, -0.1) is 11.8 Å². The number of aliphatic hydroxyl groups excluding tert-OH is 1. The van der Waals surface area contributed by atoms with E-state index in [-0.39, 0.29) is 41.0 Å². The number of aromatic hydroxyl groups is 1. The van der Waals surface area contributed by atoms with Gasteiger partial charge in [0, 0.05) is 36.5 Å². The van der Waals surface area contributed by atoms with Crippen LogP contribution >= 0.6 is 11.8 Å². The normalized spacial score (nSPS) is 13.8. The highest BCUT2D eigenvalue weighted by Crippen LogP contribution is 2.40. The lowest BCUT2D eigenvalue weighted by atomic mass is 10.2. The number of aromatic nitrogens is 1. The van der Waals surface area contributed by atoms with Crippen molar-refractivity contribution in [2.45, 2.75) is 10.9 Å². The predicted molar refractivity (Wildman–Crippen MR) is 140 cm³/mol. The molecule has 200 valence electrons. The molecule has 1 aromatic heterocycles. The van der Waals surface area contributed by atoms with Crippen LogP contribution in [0.1, 0.15) is 11.1 Å². The molecule has 1 aliphatic rings. The van der Waals surface area contributed by atoms with Crippen LogP contribution in [0, 0.1) is 17.0 Å². The van der Waals surface area contributed by atoms with E-state index in [0.717, 1.165) is 17.9 Å². The van der Waals surface area contributed by atoms with Gasteiger partial charge in [-0.25, -0.2) is 0 Å². The highest BCUT2D eigenvalue weighted by atomic mass is 32.2. The van der Waals surface area contributed by atoms with Gasteiger partial charge in [-0.1, -0.05) is 12.1 Å². The van der Waals surface area contributed by atoms with Crippen molar-refractivity contribution in [3.63, 3.8) is 0 Å². The molecule has 38 heavy (non-hydrogen) atoms. The van der Waals surface area contributed by atoms with Gasteiger partial charge in [0.15, 0.2) is 11.5 Å². The van der Waals surface area contributed by atoms with E-state index in [4.69, 9.17) is 26.4 Å². The first-order valence-corrected chi connectivity index (χ1v) is 12.4. The van der Waals surface area contributed by atoms with Crippen molar-refractivity contribution >= 4 is 23.4 Å². The number of aliphatic imine (C=N–C) groups is 1. The summed E-state index contributed by atoms with van der Waals surface area (Å²) in [6, 6.07) is 9.86.